The Labute approximate surface area is 113 Å². The molecule has 0 unspecified atom stereocenters. The van der Waals surface area contributed by atoms with Crippen LogP contribution in [0.5, 0.6) is 0 Å². The highest BCUT2D eigenvalue weighted by Crippen LogP contribution is 2.27. The van der Waals surface area contributed by atoms with Gasteiger partial charge in [0.05, 0.1) is 0 Å². The van der Waals surface area contributed by atoms with Gasteiger partial charge in [-0.05, 0) is 19.1 Å². The molecule has 4 N–H and O–H groups in total. The quantitative estimate of drug-likeness (QED) is 0.738. The number of anilines is 2. The van der Waals surface area contributed by atoms with Crippen molar-refractivity contribution in [3.8, 4) is 0 Å². The molecule has 102 valence electrons. The molecular formula is C15H21N3O. The van der Waals surface area contributed by atoms with Crippen molar-refractivity contribution in [2.45, 2.75) is 20.8 Å². The Morgan fingerprint density at radius 2 is 2.05 bits per heavy atom. The number of aliphatic hydroxyl groups is 1. The highest BCUT2D eigenvalue weighted by molar-refractivity contribution is 5.99. The van der Waals surface area contributed by atoms with E-state index in [1.165, 1.54) is 0 Å². The van der Waals surface area contributed by atoms with Gasteiger partial charge in [0.1, 0.15) is 5.82 Å². The van der Waals surface area contributed by atoms with E-state index in [-0.39, 0.29) is 12.0 Å². The fourth-order valence-corrected chi connectivity index (χ4v) is 1.94. The minimum Gasteiger partial charge on any atom is -0.398 e. The van der Waals surface area contributed by atoms with Crippen LogP contribution in [0.2, 0.25) is 0 Å². The van der Waals surface area contributed by atoms with Crippen LogP contribution in [-0.4, -0.2) is 23.2 Å². The van der Waals surface area contributed by atoms with Crippen LogP contribution in [-0.2, 0) is 0 Å². The smallest absolute Gasteiger partial charge is 0.134 e. The molecule has 2 aromatic rings. The largest absolute Gasteiger partial charge is 0.398 e. The van der Waals surface area contributed by atoms with Crippen LogP contribution in [0.3, 0.4) is 0 Å². The lowest BCUT2D eigenvalue weighted by Gasteiger charge is -2.23. The molecule has 0 aliphatic heterocycles. The number of pyridine rings is 1. The van der Waals surface area contributed by atoms with E-state index in [1.54, 1.807) is 0 Å². The average Bonchev–Trinajstić information content (AvgIpc) is 2.37. The number of hydrogen-bond acceptors (Lipinski definition) is 4. The van der Waals surface area contributed by atoms with E-state index in [4.69, 9.17) is 5.73 Å². The van der Waals surface area contributed by atoms with Crippen molar-refractivity contribution >= 4 is 22.3 Å². The van der Waals surface area contributed by atoms with Gasteiger partial charge in [-0.1, -0.05) is 26.0 Å². The van der Waals surface area contributed by atoms with Crippen molar-refractivity contribution in [3.05, 3.63) is 30.0 Å². The Bertz CT molecular complexity index is 593. The first-order chi connectivity index (χ1) is 8.93. The van der Waals surface area contributed by atoms with Crippen LogP contribution in [0.25, 0.3) is 10.8 Å². The minimum atomic E-state index is -0.182. The van der Waals surface area contributed by atoms with E-state index in [1.807, 2.05) is 45.0 Å². The van der Waals surface area contributed by atoms with Gasteiger partial charge in [-0.15, -0.1) is 0 Å². The lowest BCUT2D eigenvalue weighted by molar-refractivity contribution is 0.171. The number of nitrogen functional groups attached to an aromatic ring is 1. The average molecular weight is 259 g/mol. The Kier molecular flexibility index (Phi) is 3.62. The number of aryl methyl sites for hydroxylation is 1. The summed E-state index contributed by atoms with van der Waals surface area (Å²) in [6.07, 6.45) is 0. The fraction of sp³-hybridized carbons (Fsp3) is 0.400. The van der Waals surface area contributed by atoms with E-state index >= 15 is 0 Å². The van der Waals surface area contributed by atoms with E-state index in [2.05, 4.69) is 10.3 Å². The number of nitrogens with zero attached hydrogens (tertiary/aromatic N) is 1. The lowest BCUT2D eigenvalue weighted by atomic mass is 9.95. The number of benzene rings is 1. The van der Waals surface area contributed by atoms with Gasteiger partial charge in [0, 0.05) is 40.7 Å². The van der Waals surface area contributed by atoms with Crippen molar-refractivity contribution in [1.29, 1.82) is 0 Å². The second-order valence-corrected chi connectivity index (χ2v) is 5.73. The molecule has 1 heterocycles. The maximum Gasteiger partial charge on any atom is 0.134 e. The van der Waals surface area contributed by atoms with Crippen molar-refractivity contribution < 1.29 is 5.11 Å². The van der Waals surface area contributed by atoms with E-state index in [0.29, 0.717) is 6.54 Å². The number of aromatic nitrogens is 1. The maximum absolute atomic E-state index is 9.30. The molecule has 4 heteroatoms. The zero-order valence-electron chi connectivity index (χ0n) is 11.7. The monoisotopic (exact) mass is 259 g/mol. The highest BCUT2D eigenvalue weighted by Gasteiger charge is 2.17. The first-order valence-electron chi connectivity index (χ1n) is 6.43. The molecule has 0 radical (unpaired) electrons. The van der Waals surface area contributed by atoms with E-state index in [0.717, 1.165) is 28.0 Å². The van der Waals surface area contributed by atoms with Gasteiger partial charge in [0.25, 0.3) is 0 Å². The second-order valence-electron chi connectivity index (χ2n) is 5.73. The molecule has 0 bridgehead atoms. The Hall–Kier alpha value is -1.81. The predicted octanol–water partition coefficient (Wildman–Crippen LogP) is 2.56. The molecule has 0 atom stereocenters. The maximum atomic E-state index is 9.30. The minimum absolute atomic E-state index is 0.131. The summed E-state index contributed by atoms with van der Waals surface area (Å²) < 4.78 is 0. The highest BCUT2D eigenvalue weighted by atomic mass is 16.3. The number of nitrogens with two attached hydrogens (primary N) is 1. The van der Waals surface area contributed by atoms with Crippen molar-refractivity contribution in [2.75, 3.05) is 24.2 Å². The number of hydrogen-bond donors (Lipinski definition) is 3. The number of rotatable bonds is 4. The van der Waals surface area contributed by atoms with Crippen molar-refractivity contribution in [2.24, 2.45) is 5.41 Å². The summed E-state index contributed by atoms with van der Waals surface area (Å²) >= 11 is 0. The molecule has 0 aliphatic carbocycles. The summed E-state index contributed by atoms with van der Waals surface area (Å²) in [5.74, 6) is 0.823. The SMILES string of the molecule is Cc1cc2c(N)cccc2c(NCC(C)(C)CO)n1. The molecule has 1 aromatic heterocycles. The fourth-order valence-electron chi connectivity index (χ4n) is 1.94. The first-order valence-corrected chi connectivity index (χ1v) is 6.43. The topological polar surface area (TPSA) is 71.2 Å². The molecule has 0 fully saturated rings. The summed E-state index contributed by atoms with van der Waals surface area (Å²) in [6.45, 7) is 6.75. The van der Waals surface area contributed by atoms with E-state index < -0.39 is 0 Å². The van der Waals surface area contributed by atoms with Crippen LogP contribution < -0.4 is 11.1 Å². The van der Waals surface area contributed by atoms with Gasteiger partial charge in [0.15, 0.2) is 0 Å². The normalized spacial score (nSPS) is 11.8. The number of aliphatic hydroxyl groups excluding tert-OH is 1. The molecular weight excluding hydrogens is 238 g/mol. The Morgan fingerprint density at radius 3 is 2.74 bits per heavy atom. The molecule has 0 amide bonds. The van der Waals surface area contributed by atoms with Crippen LogP contribution in [0.1, 0.15) is 19.5 Å². The third-order valence-corrected chi connectivity index (χ3v) is 3.20. The summed E-state index contributed by atoms with van der Waals surface area (Å²) in [5.41, 5.74) is 7.51. The van der Waals surface area contributed by atoms with Crippen LogP contribution in [0.15, 0.2) is 24.3 Å². The lowest BCUT2D eigenvalue weighted by Crippen LogP contribution is -2.27. The van der Waals surface area contributed by atoms with Gasteiger partial charge in [-0.25, -0.2) is 4.98 Å². The van der Waals surface area contributed by atoms with Gasteiger partial charge >= 0.3 is 0 Å². The summed E-state index contributed by atoms with van der Waals surface area (Å²) in [6, 6.07) is 7.82. The number of nitrogens with one attached hydrogen (secondary N) is 1. The Balaban J connectivity index is 2.40. The van der Waals surface area contributed by atoms with E-state index in [9.17, 15) is 5.11 Å². The summed E-state index contributed by atoms with van der Waals surface area (Å²) in [5, 5.41) is 14.7. The van der Waals surface area contributed by atoms with Crippen molar-refractivity contribution in [1.82, 2.24) is 4.98 Å². The predicted molar refractivity (Wildman–Crippen MR) is 80.2 cm³/mol. The van der Waals surface area contributed by atoms with Crippen molar-refractivity contribution in [3.63, 3.8) is 0 Å². The molecule has 1 aromatic carbocycles. The van der Waals surface area contributed by atoms with Gasteiger partial charge < -0.3 is 16.2 Å². The van der Waals surface area contributed by atoms with Gasteiger partial charge in [-0.2, -0.15) is 0 Å². The first kappa shape index (κ1) is 13.6. The zero-order valence-corrected chi connectivity index (χ0v) is 11.7. The third-order valence-electron chi connectivity index (χ3n) is 3.20. The summed E-state index contributed by atoms with van der Waals surface area (Å²) in [7, 11) is 0. The van der Waals surface area contributed by atoms with Gasteiger partial charge in [-0.3, -0.25) is 0 Å². The number of fused-ring (bicyclic) bond motifs is 1. The molecule has 2 rings (SSSR count). The van der Waals surface area contributed by atoms with Crippen LogP contribution in [0, 0.1) is 12.3 Å². The molecule has 19 heavy (non-hydrogen) atoms. The second kappa shape index (κ2) is 5.05. The molecule has 0 spiro atoms. The zero-order chi connectivity index (χ0) is 14.0. The third kappa shape index (κ3) is 2.96. The standard InChI is InChI=1S/C15H21N3O/c1-10-7-12-11(5-4-6-13(12)16)14(18-10)17-8-15(2,3)9-19/h4-7,19H,8-9,16H2,1-3H3,(H,17,18). The van der Waals surface area contributed by atoms with Crippen LogP contribution >= 0.6 is 0 Å². The molecule has 0 saturated heterocycles. The molecule has 0 saturated carbocycles. The Morgan fingerprint density at radius 1 is 1.32 bits per heavy atom. The van der Waals surface area contributed by atoms with Crippen LogP contribution in [0.4, 0.5) is 11.5 Å². The molecule has 0 aliphatic rings. The molecule has 4 nitrogen and oxygen atoms in total. The summed E-state index contributed by atoms with van der Waals surface area (Å²) in [4.78, 5) is 4.53. The van der Waals surface area contributed by atoms with Gasteiger partial charge in [0.2, 0.25) is 0 Å².